The van der Waals surface area contributed by atoms with Crippen LogP contribution in [0, 0.1) is 5.41 Å². The molecule has 0 aliphatic carbocycles. The molecule has 3 heteroatoms. The molecule has 2 aliphatic heterocycles. The molecule has 2 heterocycles. The van der Waals surface area contributed by atoms with Gasteiger partial charge in [-0.3, -0.25) is 4.90 Å². The van der Waals surface area contributed by atoms with Crippen LogP contribution in [-0.2, 0) is 4.74 Å². The van der Waals surface area contributed by atoms with Crippen molar-refractivity contribution >= 4 is 0 Å². The Morgan fingerprint density at radius 2 is 1.92 bits per heavy atom. The molecule has 0 aromatic heterocycles. The highest BCUT2D eigenvalue weighted by molar-refractivity contribution is 5.04. The number of nitrogens with zero attached hydrogens (tertiary/aromatic N) is 2. The molecule has 70 valence electrons. The fourth-order valence-corrected chi connectivity index (χ4v) is 2.58. The molecule has 0 aromatic rings. The normalized spacial score (nSPS) is 28.5. The Balaban J connectivity index is 1.64. The summed E-state index contributed by atoms with van der Waals surface area (Å²) in [5, 5.41) is 0. The van der Waals surface area contributed by atoms with Crippen LogP contribution in [0.3, 0.4) is 0 Å². The van der Waals surface area contributed by atoms with Crippen LogP contribution in [0.2, 0.25) is 0 Å². The second-order valence-electron chi connectivity index (χ2n) is 4.38. The topological polar surface area (TPSA) is 15.7 Å². The minimum absolute atomic E-state index is 0.683. The van der Waals surface area contributed by atoms with Gasteiger partial charge >= 0.3 is 0 Å². The van der Waals surface area contributed by atoms with Gasteiger partial charge in [-0.15, -0.1) is 0 Å². The summed E-state index contributed by atoms with van der Waals surface area (Å²) < 4.78 is 5.04. The monoisotopic (exact) mass is 170 g/mol. The van der Waals surface area contributed by atoms with Crippen LogP contribution in [0.15, 0.2) is 0 Å². The molecule has 12 heavy (non-hydrogen) atoms. The SMILES string of the molecule is COCCN1CC2(CN(C)C2)C1. The Hall–Kier alpha value is -0.120. The van der Waals surface area contributed by atoms with Gasteiger partial charge in [0.15, 0.2) is 0 Å². The third-order valence-corrected chi connectivity index (χ3v) is 2.94. The minimum atomic E-state index is 0.683. The lowest BCUT2D eigenvalue weighted by atomic mass is 9.73. The highest BCUT2D eigenvalue weighted by Gasteiger charge is 2.49. The molecule has 1 spiro atoms. The Morgan fingerprint density at radius 1 is 1.25 bits per heavy atom. The molecular formula is C9H18N2O. The van der Waals surface area contributed by atoms with Gasteiger partial charge in [-0.05, 0) is 7.05 Å². The summed E-state index contributed by atoms with van der Waals surface area (Å²) in [7, 11) is 3.97. The summed E-state index contributed by atoms with van der Waals surface area (Å²) in [6, 6.07) is 0. The van der Waals surface area contributed by atoms with Crippen LogP contribution >= 0.6 is 0 Å². The number of ether oxygens (including phenoxy) is 1. The first-order valence-corrected chi connectivity index (χ1v) is 4.64. The third kappa shape index (κ3) is 1.37. The van der Waals surface area contributed by atoms with Crippen molar-refractivity contribution in [2.75, 3.05) is 53.5 Å². The lowest BCUT2D eigenvalue weighted by Crippen LogP contribution is -2.71. The van der Waals surface area contributed by atoms with Crippen molar-refractivity contribution in [3.63, 3.8) is 0 Å². The van der Waals surface area contributed by atoms with Gasteiger partial charge in [-0.2, -0.15) is 0 Å². The fraction of sp³-hybridized carbons (Fsp3) is 1.00. The molecule has 0 aromatic carbocycles. The van der Waals surface area contributed by atoms with Crippen LogP contribution in [0.4, 0.5) is 0 Å². The van der Waals surface area contributed by atoms with Crippen LogP contribution in [0.1, 0.15) is 0 Å². The van der Waals surface area contributed by atoms with Crippen molar-refractivity contribution in [2.24, 2.45) is 5.41 Å². The first kappa shape index (κ1) is 8.48. The summed E-state index contributed by atoms with van der Waals surface area (Å²) >= 11 is 0. The van der Waals surface area contributed by atoms with Crippen LogP contribution < -0.4 is 0 Å². The Labute approximate surface area is 74.3 Å². The van der Waals surface area contributed by atoms with E-state index in [1.807, 2.05) is 0 Å². The molecule has 3 nitrogen and oxygen atoms in total. The largest absolute Gasteiger partial charge is 0.383 e. The molecule has 2 aliphatic rings. The summed E-state index contributed by atoms with van der Waals surface area (Å²) in [5.41, 5.74) is 0.683. The Bertz CT molecular complexity index is 158. The molecule has 0 bridgehead atoms. The molecule has 0 amide bonds. The van der Waals surface area contributed by atoms with Gasteiger partial charge in [0.25, 0.3) is 0 Å². The van der Waals surface area contributed by atoms with E-state index in [1.54, 1.807) is 7.11 Å². The minimum Gasteiger partial charge on any atom is -0.383 e. The summed E-state index contributed by atoms with van der Waals surface area (Å²) in [4.78, 5) is 4.88. The average Bonchev–Trinajstić information content (AvgIpc) is 1.91. The molecule has 0 saturated carbocycles. The molecule has 0 N–H and O–H groups in total. The highest BCUT2D eigenvalue weighted by Crippen LogP contribution is 2.38. The van der Waals surface area contributed by atoms with Crippen LogP contribution in [0.25, 0.3) is 0 Å². The van der Waals surface area contributed by atoms with E-state index in [-0.39, 0.29) is 0 Å². The molecule has 0 radical (unpaired) electrons. The van der Waals surface area contributed by atoms with E-state index in [1.165, 1.54) is 26.2 Å². The van der Waals surface area contributed by atoms with Gasteiger partial charge in [-0.25, -0.2) is 0 Å². The van der Waals surface area contributed by atoms with E-state index in [0.29, 0.717) is 5.41 Å². The molecular weight excluding hydrogens is 152 g/mol. The maximum atomic E-state index is 5.04. The Kier molecular flexibility index (Phi) is 2.10. The van der Waals surface area contributed by atoms with Crippen LogP contribution in [-0.4, -0.2) is 63.3 Å². The number of methoxy groups -OCH3 is 1. The maximum absolute atomic E-state index is 5.04. The van der Waals surface area contributed by atoms with Crippen molar-refractivity contribution in [3.8, 4) is 0 Å². The van der Waals surface area contributed by atoms with Crippen molar-refractivity contribution in [3.05, 3.63) is 0 Å². The fourth-order valence-electron chi connectivity index (χ4n) is 2.58. The highest BCUT2D eigenvalue weighted by atomic mass is 16.5. The summed E-state index contributed by atoms with van der Waals surface area (Å²) in [5.74, 6) is 0. The van der Waals surface area contributed by atoms with E-state index in [4.69, 9.17) is 4.74 Å². The second kappa shape index (κ2) is 2.98. The van der Waals surface area contributed by atoms with E-state index in [9.17, 15) is 0 Å². The van der Waals surface area contributed by atoms with Gasteiger partial charge in [0.1, 0.15) is 0 Å². The number of hydrogen-bond acceptors (Lipinski definition) is 3. The number of likely N-dealkylation sites (tertiary alicyclic amines) is 2. The molecule has 2 fully saturated rings. The van der Waals surface area contributed by atoms with E-state index in [2.05, 4.69) is 16.8 Å². The van der Waals surface area contributed by atoms with E-state index >= 15 is 0 Å². The predicted molar refractivity (Wildman–Crippen MR) is 48.2 cm³/mol. The van der Waals surface area contributed by atoms with Crippen molar-refractivity contribution in [1.82, 2.24) is 9.80 Å². The van der Waals surface area contributed by atoms with Gasteiger partial charge < -0.3 is 9.64 Å². The molecule has 0 unspecified atom stereocenters. The first-order chi connectivity index (χ1) is 5.74. The summed E-state index contributed by atoms with van der Waals surface area (Å²) in [6.07, 6.45) is 0. The van der Waals surface area contributed by atoms with Gasteiger partial charge in [0.05, 0.1) is 6.61 Å². The molecule has 2 rings (SSSR count). The average molecular weight is 170 g/mol. The van der Waals surface area contributed by atoms with E-state index in [0.717, 1.165) is 13.2 Å². The Morgan fingerprint density at radius 3 is 2.42 bits per heavy atom. The maximum Gasteiger partial charge on any atom is 0.0589 e. The summed E-state index contributed by atoms with van der Waals surface area (Å²) in [6.45, 7) is 7.18. The zero-order chi connectivity index (χ0) is 8.60. The van der Waals surface area contributed by atoms with Gasteiger partial charge in [-0.1, -0.05) is 0 Å². The zero-order valence-corrected chi connectivity index (χ0v) is 8.05. The second-order valence-corrected chi connectivity index (χ2v) is 4.38. The lowest BCUT2D eigenvalue weighted by Gasteiger charge is -2.59. The van der Waals surface area contributed by atoms with E-state index < -0.39 is 0 Å². The number of rotatable bonds is 3. The number of hydrogen-bond donors (Lipinski definition) is 0. The lowest BCUT2D eigenvalue weighted by molar-refractivity contribution is -0.108. The van der Waals surface area contributed by atoms with Gasteiger partial charge in [0, 0.05) is 45.2 Å². The predicted octanol–water partition coefficient (Wildman–Crippen LogP) is -0.120. The van der Waals surface area contributed by atoms with Crippen molar-refractivity contribution in [2.45, 2.75) is 0 Å². The third-order valence-electron chi connectivity index (χ3n) is 2.94. The standard InChI is InChI=1S/C9H18N2O/c1-10-5-9(6-10)7-11(8-9)3-4-12-2/h3-8H2,1-2H3. The van der Waals surface area contributed by atoms with Gasteiger partial charge in [0.2, 0.25) is 0 Å². The zero-order valence-electron chi connectivity index (χ0n) is 8.05. The molecule has 2 saturated heterocycles. The first-order valence-electron chi connectivity index (χ1n) is 4.64. The smallest absolute Gasteiger partial charge is 0.0589 e. The van der Waals surface area contributed by atoms with Crippen molar-refractivity contribution in [1.29, 1.82) is 0 Å². The van der Waals surface area contributed by atoms with Crippen molar-refractivity contribution < 1.29 is 4.74 Å². The van der Waals surface area contributed by atoms with Crippen LogP contribution in [0.5, 0.6) is 0 Å². The quantitative estimate of drug-likeness (QED) is 0.587. The molecule has 0 atom stereocenters.